The van der Waals surface area contributed by atoms with E-state index in [4.69, 9.17) is 0 Å². The van der Waals surface area contributed by atoms with Crippen LogP contribution in [0, 0.1) is 13.8 Å². The maximum atomic E-state index is 12.5. The molecule has 2 N–H and O–H groups in total. The Morgan fingerprint density at radius 2 is 1.91 bits per heavy atom. The average Bonchev–Trinajstić information content (AvgIpc) is 3.28. The third-order valence-electron chi connectivity index (χ3n) is 5.25. The van der Waals surface area contributed by atoms with Crippen LogP contribution in [0.4, 0.5) is 0 Å². The van der Waals surface area contributed by atoms with Crippen LogP contribution in [0.3, 0.4) is 0 Å². The lowest BCUT2D eigenvalue weighted by atomic mass is 9.94. The van der Waals surface area contributed by atoms with Crippen LogP contribution in [0.1, 0.15) is 79.2 Å². The smallest absolute Gasteiger partial charge is 0.253 e. The van der Waals surface area contributed by atoms with Gasteiger partial charge in [0, 0.05) is 24.0 Å². The normalized spacial score (nSPS) is 21.4. The number of aryl methyl sites for hydroxylation is 1. The molecule has 0 radical (unpaired) electrons. The lowest BCUT2D eigenvalue weighted by molar-refractivity contribution is 0.0246. The summed E-state index contributed by atoms with van der Waals surface area (Å²) in [5, 5.41) is 13.6. The van der Waals surface area contributed by atoms with Gasteiger partial charge in [0.05, 0.1) is 11.2 Å². The summed E-state index contributed by atoms with van der Waals surface area (Å²) in [7, 11) is 0. The van der Waals surface area contributed by atoms with Gasteiger partial charge in [0.2, 0.25) is 0 Å². The van der Waals surface area contributed by atoms with Gasteiger partial charge in [-0.05, 0) is 45.6 Å². The van der Waals surface area contributed by atoms with E-state index in [0.717, 1.165) is 36.9 Å². The third-order valence-corrected chi connectivity index (χ3v) is 5.25. The van der Waals surface area contributed by atoms with Crippen LogP contribution in [-0.4, -0.2) is 27.7 Å². The molecular formula is C18H28N2O2. The van der Waals surface area contributed by atoms with Crippen molar-refractivity contribution in [3.05, 3.63) is 23.0 Å². The molecule has 122 valence electrons. The minimum absolute atomic E-state index is 0.0438. The fourth-order valence-corrected chi connectivity index (χ4v) is 3.81. The summed E-state index contributed by atoms with van der Waals surface area (Å²) in [6.45, 7) is 4.47. The van der Waals surface area contributed by atoms with E-state index in [1.54, 1.807) is 0 Å². The van der Waals surface area contributed by atoms with Crippen molar-refractivity contribution in [1.29, 1.82) is 0 Å². The lowest BCUT2D eigenvalue weighted by Gasteiger charge is -2.26. The number of aromatic nitrogens is 1. The molecule has 4 nitrogen and oxygen atoms in total. The quantitative estimate of drug-likeness (QED) is 0.839. The second-order valence-electron chi connectivity index (χ2n) is 7.21. The highest BCUT2D eigenvalue weighted by molar-refractivity contribution is 5.95. The van der Waals surface area contributed by atoms with Crippen LogP contribution >= 0.6 is 0 Å². The fourth-order valence-electron chi connectivity index (χ4n) is 3.81. The van der Waals surface area contributed by atoms with Gasteiger partial charge in [-0.1, -0.05) is 25.7 Å². The number of hydrogen-bond acceptors (Lipinski definition) is 2. The van der Waals surface area contributed by atoms with Crippen molar-refractivity contribution >= 4 is 5.91 Å². The summed E-state index contributed by atoms with van der Waals surface area (Å²) in [5.41, 5.74) is 2.28. The molecule has 3 rings (SSSR count). The van der Waals surface area contributed by atoms with Gasteiger partial charge in [-0.3, -0.25) is 4.79 Å². The summed E-state index contributed by atoms with van der Waals surface area (Å²) in [4.78, 5) is 12.5. The highest BCUT2D eigenvalue weighted by Gasteiger charge is 2.31. The molecule has 0 spiro atoms. The van der Waals surface area contributed by atoms with Crippen LogP contribution in [0.2, 0.25) is 0 Å². The Labute approximate surface area is 132 Å². The zero-order valence-corrected chi connectivity index (χ0v) is 13.8. The third kappa shape index (κ3) is 3.22. The van der Waals surface area contributed by atoms with Gasteiger partial charge < -0.3 is 15.0 Å². The monoisotopic (exact) mass is 304 g/mol. The molecule has 1 amide bonds. The molecule has 2 aliphatic carbocycles. The van der Waals surface area contributed by atoms with E-state index in [0.29, 0.717) is 12.6 Å². The molecule has 0 atom stereocenters. The topological polar surface area (TPSA) is 54.3 Å². The van der Waals surface area contributed by atoms with E-state index in [1.807, 2.05) is 13.0 Å². The summed E-state index contributed by atoms with van der Waals surface area (Å²) >= 11 is 0. The molecule has 0 unspecified atom stereocenters. The summed E-state index contributed by atoms with van der Waals surface area (Å²) < 4.78 is 2.29. The Bertz CT molecular complexity index is 550. The minimum Gasteiger partial charge on any atom is -0.388 e. The maximum absolute atomic E-state index is 12.5. The predicted octanol–water partition coefficient (Wildman–Crippen LogP) is 3.25. The first-order chi connectivity index (χ1) is 10.5. The van der Waals surface area contributed by atoms with E-state index in [2.05, 4.69) is 16.8 Å². The largest absolute Gasteiger partial charge is 0.388 e. The predicted molar refractivity (Wildman–Crippen MR) is 87.2 cm³/mol. The van der Waals surface area contributed by atoms with E-state index in [-0.39, 0.29) is 5.91 Å². The molecule has 0 aliphatic heterocycles. The molecule has 2 saturated carbocycles. The highest BCUT2D eigenvalue weighted by Crippen LogP contribution is 2.38. The Morgan fingerprint density at radius 3 is 2.50 bits per heavy atom. The Kier molecular flexibility index (Phi) is 4.31. The van der Waals surface area contributed by atoms with Gasteiger partial charge in [-0.25, -0.2) is 0 Å². The second kappa shape index (κ2) is 6.07. The number of nitrogens with one attached hydrogen (secondary N) is 1. The second-order valence-corrected chi connectivity index (χ2v) is 7.21. The van der Waals surface area contributed by atoms with E-state index >= 15 is 0 Å². The molecule has 1 heterocycles. The number of hydrogen-bond donors (Lipinski definition) is 2. The van der Waals surface area contributed by atoms with Gasteiger partial charge >= 0.3 is 0 Å². The van der Waals surface area contributed by atoms with E-state index in [9.17, 15) is 9.90 Å². The highest BCUT2D eigenvalue weighted by atomic mass is 16.3. The van der Waals surface area contributed by atoms with Gasteiger partial charge in [-0.2, -0.15) is 0 Å². The summed E-state index contributed by atoms with van der Waals surface area (Å²) in [6.07, 6.45) is 8.54. The number of nitrogens with zero attached hydrogens (tertiary/aromatic N) is 1. The molecule has 22 heavy (non-hydrogen) atoms. The average molecular weight is 304 g/mol. The molecule has 2 aliphatic rings. The Hall–Kier alpha value is -1.29. The van der Waals surface area contributed by atoms with Gasteiger partial charge in [0.15, 0.2) is 0 Å². The number of rotatable bonds is 4. The standard InChI is InChI=1S/C18H28N2O2/c1-13-11-16(14(2)20(13)15-7-8-15)17(21)19-12-18(22)9-5-3-4-6-10-18/h11,15,22H,3-10,12H2,1-2H3,(H,19,21). The molecular weight excluding hydrogens is 276 g/mol. The van der Waals surface area contributed by atoms with Gasteiger partial charge in [0.25, 0.3) is 5.91 Å². The van der Waals surface area contributed by atoms with Crippen molar-refractivity contribution in [2.75, 3.05) is 6.54 Å². The number of carbonyl (C=O) groups excluding carboxylic acids is 1. The van der Waals surface area contributed by atoms with Crippen molar-refractivity contribution in [3.63, 3.8) is 0 Å². The van der Waals surface area contributed by atoms with E-state index in [1.165, 1.54) is 31.4 Å². The van der Waals surface area contributed by atoms with Gasteiger partial charge in [0.1, 0.15) is 0 Å². The van der Waals surface area contributed by atoms with Crippen molar-refractivity contribution < 1.29 is 9.90 Å². The van der Waals surface area contributed by atoms with Crippen molar-refractivity contribution in [2.45, 2.75) is 76.9 Å². The minimum atomic E-state index is -0.714. The van der Waals surface area contributed by atoms with Crippen LogP contribution in [-0.2, 0) is 0 Å². The van der Waals surface area contributed by atoms with Crippen LogP contribution < -0.4 is 5.32 Å². The van der Waals surface area contributed by atoms with Gasteiger partial charge in [-0.15, -0.1) is 0 Å². The molecule has 1 aromatic heterocycles. The van der Waals surface area contributed by atoms with Crippen LogP contribution in [0.25, 0.3) is 0 Å². The van der Waals surface area contributed by atoms with Crippen molar-refractivity contribution in [3.8, 4) is 0 Å². The maximum Gasteiger partial charge on any atom is 0.253 e. The Balaban J connectivity index is 1.65. The number of carbonyl (C=O) groups is 1. The molecule has 0 saturated heterocycles. The molecule has 4 heteroatoms. The lowest BCUT2D eigenvalue weighted by Crippen LogP contribution is -2.42. The molecule has 2 fully saturated rings. The van der Waals surface area contributed by atoms with Crippen molar-refractivity contribution in [1.82, 2.24) is 9.88 Å². The summed E-state index contributed by atoms with van der Waals surface area (Å²) in [6, 6.07) is 2.58. The number of aliphatic hydroxyl groups is 1. The van der Waals surface area contributed by atoms with Crippen LogP contribution in [0.15, 0.2) is 6.07 Å². The molecule has 1 aromatic rings. The first kappa shape index (κ1) is 15.6. The first-order valence-electron chi connectivity index (χ1n) is 8.69. The Morgan fingerprint density at radius 1 is 1.27 bits per heavy atom. The summed E-state index contributed by atoms with van der Waals surface area (Å²) in [5.74, 6) is -0.0438. The zero-order valence-electron chi connectivity index (χ0n) is 13.8. The zero-order chi connectivity index (χ0) is 15.7. The number of amides is 1. The SMILES string of the molecule is Cc1cc(C(=O)NCC2(O)CCCCCC2)c(C)n1C1CC1. The van der Waals surface area contributed by atoms with E-state index < -0.39 is 5.60 Å². The van der Waals surface area contributed by atoms with Crippen LogP contribution in [0.5, 0.6) is 0 Å². The van der Waals surface area contributed by atoms with Crippen molar-refractivity contribution in [2.24, 2.45) is 0 Å². The first-order valence-corrected chi connectivity index (χ1v) is 8.69. The molecule has 0 bridgehead atoms. The fraction of sp³-hybridized carbons (Fsp3) is 0.722. The molecule has 0 aromatic carbocycles.